The predicted molar refractivity (Wildman–Crippen MR) is 123 cm³/mol. The van der Waals surface area contributed by atoms with Crippen molar-refractivity contribution in [2.75, 3.05) is 45.4 Å². The van der Waals surface area contributed by atoms with Crippen LogP contribution in [0, 0.1) is 11.6 Å². The average molecular weight is 463 g/mol. The second-order valence-corrected chi connectivity index (χ2v) is 8.66. The molecule has 8 heteroatoms. The number of methoxy groups -OCH3 is 1. The highest BCUT2D eigenvalue weighted by atomic mass is 19.1. The largest absolute Gasteiger partial charge is 0.494 e. The Morgan fingerprint density at radius 2 is 1.91 bits per heavy atom. The average Bonchev–Trinajstić information content (AvgIpc) is 2.75. The van der Waals surface area contributed by atoms with Crippen LogP contribution in [0.4, 0.5) is 14.5 Å². The summed E-state index contributed by atoms with van der Waals surface area (Å²) in [7, 11) is 1.56. The van der Waals surface area contributed by atoms with Gasteiger partial charge < -0.3 is 24.8 Å². The van der Waals surface area contributed by atoms with Gasteiger partial charge in [0.2, 0.25) is 5.91 Å². The molecule has 0 spiro atoms. The minimum absolute atomic E-state index is 0.0645. The lowest BCUT2D eigenvalue weighted by Gasteiger charge is -2.28. The Morgan fingerprint density at radius 1 is 1.18 bits per heavy atom. The molecule has 33 heavy (non-hydrogen) atoms. The molecule has 1 aliphatic rings. The predicted octanol–water partition coefficient (Wildman–Crippen LogP) is 4.13. The summed E-state index contributed by atoms with van der Waals surface area (Å²) in [5.41, 5.74) is 0.932. The van der Waals surface area contributed by atoms with Crippen molar-refractivity contribution < 1.29 is 27.8 Å². The van der Waals surface area contributed by atoms with Crippen molar-refractivity contribution in [3.63, 3.8) is 0 Å². The second-order valence-electron chi connectivity index (χ2n) is 8.66. The molecular formula is C25H32F2N2O4. The number of hydrogen-bond acceptors (Lipinski definition) is 5. The lowest BCUT2D eigenvalue weighted by atomic mass is 9.84. The summed E-state index contributed by atoms with van der Waals surface area (Å²) in [5.74, 6) is -1.09. The van der Waals surface area contributed by atoms with Gasteiger partial charge in [-0.25, -0.2) is 8.78 Å². The van der Waals surface area contributed by atoms with Gasteiger partial charge in [-0.2, -0.15) is 0 Å². The summed E-state index contributed by atoms with van der Waals surface area (Å²) in [6.45, 7) is 7.36. The summed E-state index contributed by atoms with van der Waals surface area (Å²) in [5, 5.41) is 5.83. The van der Waals surface area contributed by atoms with Crippen molar-refractivity contribution in [2.45, 2.75) is 38.6 Å². The molecule has 0 bridgehead atoms. The van der Waals surface area contributed by atoms with Crippen LogP contribution in [-0.4, -0.2) is 46.0 Å². The van der Waals surface area contributed by atoms with Gasteiger partial charge in [-0.15, -0.1) is 0 Å². The number of amides is 1. The number of anilines is 1. The zero-order chi connectivity index (χ0) is 24.0. The number of rotatable bonds is 10. The van der Waals surface area contributed by atoms with Crippen molar-refractivity contribution in [3.05, 3.63) is 58.7 Å². The van der Waals surface area contributed by atoms with Crippen LogP contribution in [0.15, 0.2) is 30.3 Å². The summed E-state index contributed by atoms with van der Waals surface area (Å²) in [4.78, 5) is 13.0. The Kier molecular flexibility index (Phi) is 8.40. The maximum Gasteiger partial charge on any atom is 0.246 e. The molecule has 0 aliphatic carbocycles. The zero-order valence-electron chi connectivity index (χ0n) is 19.6. The molecule has 0 saturated heterocycles. The van der Waals surface area contributed by atoms with E-state index in [1.165, 1.54) is 0 Å². The van der Waals surface area contributed by atoms with Gasteiger partial charge in [-0.05, 0) is 48.7 Å². The quantitative estimate of drug-likeness (QED) is 0.520. The maximum atomic E-state index is 14.9. The summed E-state index contributed by atoms with van der Waals surface area (Å²) in [6.07, 6.45) is 0.763. The van der Waals surface area contributed by atoms with Crippen molar-refractivity contribution in [1.82, 2.24) is 5.32 Å². The zero-order valence-corrected chi connectivity index (χ0v) is 19.6. The lowest BCUT2D eigenvalue weighted by molar-refractivity contribution is -0.118. The van der Waals surface area contributed by atoms with E-state index in [2.05, 4.69) is 10.6 Å². The third kappa shape index (κ3) is 6.07. The van der Waals surface area contributed by atoms with Gasteiger partial charge in [0.25, 0.3) is 0 Å². The molecule has 6 nitrogen and oxygen atoms in total. The van der Waals surface area contributed by atoms with E-state index >= 15 is 0 Å². The number of nitrogens with one attached hydrogen (secondary N) is 2. The molecule has 1 atom stereocenters. The lowest BCUT2D eigenvalue weighted by Crippen LogP contribution is -2.38. The normalized spacial score (nSPS) is 15.8. The first-order chi connectivity index (χ1) is 15.8. The Hall–Kier alpha value is -2.55. The van der Waals surface area contributed by atoms with Crippen LogP contribution in [0.2, 0.25) is 0 Å². The molecule has 1 amide bonds. The van der Waals surface area contributed by atoms with Crippen LogP contribution in [0.1, 0.15) is 43.5 Å². The fraction of sp³-hybridized carbons (Fsp3) is 0.480. The third-order valence-corrected chi connectivity index (χ3v) is 5.62. The first-order valence-corrected chi connectivity index (χ1v) is 11.1. The van der Waals surface area contributed by atoms with Crippen molar-refractivity contribution in [1.29, 1.82) is 0 Å². The standard InChI is InChI=1S/C25H32F2N2O4/c1-5-33-18-6-7-19-16(12-18)8-9-28-23(19)24(30)29-17-13-20(26)22(21(27)14-17)25(2,3)15-32-11-10-31-4/h6-7,12-14,23,28H,5,8-11,15H2,1-4H3,(H,29,30)/t23-/m1/s1. The van der Waals surface area contributed by atoms with E-state index in [1.54, 1.807) is 21.0 Å². The molecule has 2 aromatic carbocycles. The Morgan fingerprint density at radius 3 is 2.58 bits per heavy atom. The highest BCUT2D eigenvalue weighted by Crippen LogP contribution is 2.32. The molecule has 1 aliphatic heterocycles. The van der Waals surface area contributed by atoms with E-state index in [4.69, 9.17) is 14.2 Å². The number of carbonyl (C=O) groups is 1. The molecule has 0 saturated carbocycles. The molecule has 2 N–H and O–H groups in total. The molecule has 180 valence electrons. The Bertz CT molecular complexity index is 958. The van der Waals surface area contributed by atoms with Gasteiger partial charge in [-0.3, -0.25) is 4.79 Å². The molecule has 2 aromatic rings. The van der Waals surface area contributed by atoms with Crippen LogP contribution < -0.4 is 15.4 Å². The molecule has 3 rings (SSSR count). The number of hydrogen-bond donors (Lipinski definition) is 2. The van der Waals surface area contributed by atoms with Crippen LogP contribution in [0.25, 0.3) is 0 Å². The monoisotopic (exact) mass is 462 g/mol. The molecule has 0 radical (unpaired) electrons. The second kappa shape index (κ2) is 11.0. The maximum absolute atomic E-state index is 14.9. The van der Waals surface area contributed by atoms with Gasteiger partial charge in [0.15, 0.2) is 0 Å². The molecule has 0 aromatic heterocycles. The Balaban J connectivity index is 1.75. The van der Waals surface area contributed by atoms with Crippen molar-refractivity contribution in [3.8, 4) is 5.75 Å². The van der Waals surface area contributed by atoms with Gasteiger partial charge in [-0.1, -0.05) is 19.9 Å². The smallest absolute Gasteiger partial charge is 0.246 e. The van der Waals surface area contributed by atoms with E-state index in [-0.39, 0.29) is 23.8 Å². The number of benzene rings is 2. The highest BCUT2D eigenvalue weighted by molar-refractivity contribution is 5.96. The van der Waals surface area contributed by atoms with Crippen LogP contribution in [0.3, 0.4) is 0 Å². The van der Waals surface area contributed by atoms with Crippen molar-refractivity contribution >= 4 is 11.6 Å². The van der Waals surface area contributed by atoms with Gasteiger partial charge in [0, 0.05) is 30.3 Å². The summed E-state index contributed by atoms with van der Waals surface area (Å²) < 4.78 is 45.8. The number of halogens is 2. The first-order valence-electron chi connectivity index (χ1n) is 11.1. The van der Waals surface area contributed by atoms with E-state index in [0.29, 0.717) is 26.4 Å². The number of ether oxygens (including phenoxy) is 3. The van der Waals surface area contributed by atoms with E-state index in [0.717, 1.165) is 35.4 Å². The van der Waals surface area contributed by atoms with Crippen molar-refractivity contribution in [2.24, 2.45) is 0 Å². The minimum Gasteiger partial charge on any atom is -0.494 e. The van der Waals surface area contributed by atoms with E-state index in [9.17, 15) is 13.6 Å². The van der Waals surface area contributed by atoms with Crippen LogP contribution in [0.5, 0.6) is 5.75 Å². The molecule has 0 unspecified atom stereocenters. The van der Waals surface area contributed by atoms with E-state index < -0.39 is 23.1 Å². The SMILES string of the molecule is CCOc1ccc2c(c1)CCN[C@H]2C(=O)Nc1cc(F)c(C(C)(C)COCCOC)c(F)c1. The fourth-order valence-corrected chi connectivity index (χ4v) is 4.08. The molecule has 1 heterocycles. The van der Waals surface area contributed by atoms with Gasteiger partial charge in [0.1, 0.15) is 23.4 Å². The fourth-order valence-electron chi connectivity index (χ4n) is 4.08. The number of carbonyl (C=O) groups excluding carboxylic acids is 1. The minimum atomic E-state index is -0.896. The Labute approximate surface area is 193 Å². The summed E-state index contributed by atoms with van der Waals surface area (Å²) in [6, 6.07) is 7.28. The summed E-state index contributed by atoms with van der Waals surface area (Å²) >= 11 is 0. The first kappa shape index (κ1) is 25.1. The third-order valence-electron chi connectivity index (χ3n) is 5.62. The highest BCUT2D eigenvalue weighted by Gasteiger charge is 2.30. The van der Waals surface area contributed by atoms with Crippen LogP contribution >= 0.6 is 0 Å². The number of fused-ring (bicyclic) bond motifs is 1. The van der Waals surface area contributed by atoms with Crippen LogP contribution in [-0.2, 0) is 26.1 Å². The van der Waals surface area contributed by atoms with E-state index in [1.807, 2.05) is 25.1 Å². The van der Waals surface area contributed by atoms with Gasteiger partial charge in [0.05, 0.1) is 26.4 Å². The van der Waals surface area contributed by atoms with Gasteiger partial charge >= 0.3 is 0 Å². The molecule has 0 fully saturated rings. The topological polar surface area (TPSA) is 68.8 Å². The molecular weight excluding hydrogens is 430 g/mol.